The Labute approximate surface area is 142 Å². The Morgan fingerprint density at radius 1 is 1.35 bits per heavy atom. The molecule has 0 spiro atoms. The third-order valence-corrected chi connectivity index (χ3v) is 6.45. The van der Waals surface area contributed by atoms with E-state index in [0.717, 1.165) is 50.5 Å². The Morgan fingerprint density at radius 2 is 2.09 bits per heavy atom. The van der Waals surface area contributed by atoms with E-state index >= 15 is 0 Å². The lowest BCUT2D eigenvalue weighted by atomic mass is 10.1. The predicted molar refractivity (Wildman–Crippen MR) is 92.9 cm³/mol. The number of piperidine rings is 1. The van der Waals surface area contributed by atoms with Crippen molar-refractivity contribution in [2.75, 3.05) is 31.9 Å². The van der Waals surface area contributed by atoms with Crippen LogP contribution >= 0.6 is 11.8 Å². The van der Waals surface area contributed by atoms with Crippen molar-refractivity contribution in [3.05, 3.63) is 11.4 Å². The maximum Gasteiger partial charge on any atom is 0.276 e. The van der Waals surface area contributed by atoms with E-state index in [4.69, 9.17) is 0 Å². The van der Waals surface area contributed by atoms with E-state index in [0.29, 0.717) is 22.9 Å². The first kappa shape index (κ1) is 16.8. The van der Waals surface area contributed by atoms with Gasteiger partial charge in [-0.3, -0.25) is 4.79 Å². The van der Waals surface area contributed by atoms with E-state index < -0.39 is 0 Å². The van der Waals surface area contributed by atoms with Gasteiger partial charge >= 0.3 is 0 Å². The maximum atomic E-state index is 12.9. The molecule has 0 aromatic carbocycles. The number of hydrogen-bond acceptors (Lipinski definition) is 5. The molecule has 2 saturated heterocycles. The van der Waals surface area contributed by atoms with Gasteiger partial charge in [-0.25, -0.2) is 4.68 Å². The third kappa shape index (κ3) is 3.55. The number of nitrogens with zero attached hydrogens (tertiary/aromatic N) is 4. The summed E-state index contributed by atoms with van der Waals surface area (Å²) in [5.74, 6) is 1.64. The van der Waals surface area contributed by atoms with Crippen LogP contribution < -0.4 is 5.32 Å². The highest BCUT2D eigenvalue weighted by atomic mass is 32.2. The molecule has 0 radical (unpaired) electrons. The van der Waals surface area contributed by atoms with Crippen molar-refractivity contribution in [3.8, 4) is 0 Å². The summed E-state index contributed by atoms with van der Waals surface area (Å²) in [6, 6.07) is 0.366. The summed E-state index contributed by atoms with van der Waals surface area (Å²) >= 11 is 1.98. The van der Waals surface area contributed by atoms with Crippen LogP contribution in [-0.4, -0.2) is 63.0 Å². The van der Waals surface area contributed by atoms with Crippen LogP contribution in [0.1, 0.15) is 48.9 Å². The van der Waals surface area contributed by atoms with E-state index in [9.17, 15) is 4.79 Å². The summed E-state index contributed by atoms with van der Waals surface area (Å²) in [6.45, 7) is 10.1. The minimum Gasteiger partial charge on any atom is -0.335 e. The van der Waals surface area contributed by atoms with E-state index in [1.54, 1.807) is 0 Å². The zero-order valence-electron chi connectivity index (χ0n) is 14.3. The van der Waals surface area contributed by atoms with Crippen molar-refractivity contribution in [3.63, 3.8) is 0 Å². The topological polar surface area (TPSA) is 63.1 Å². The molecule has 3 rings (SSSR count). The molecule has 6 nitrogen and oxygen atoms in total. The predicted octanol–water partition coefficient (Wildman–Crippen LogP) is 1.72. The zero-order valence-corrected chi connectivity index (χ0v) is 15.1. The fraction of sp³-hybridized carbons (Fsp3) is 0.812. The molecule has 2 aliphatic rings. The Bertz CT molecular complexity index is 553. The Kier molecular flexibility index (Phi) is 5.26. The van der Waals surface area contributed by atoms with Gasteiger partial charge in [-0.05, 0) is 38.8 Å². The largest absolute Gasteiger partial charge is 0.335 e. The van der Waals surface area contributed by atoms with E-state index in [-0.39, 0.29) is 5.91 Å². The smallest absolute Gasteiger partial charge is 0.276 e. The molecule has 1 unspecified atom stereocenters. The van der Waals surface area contributed by atoms with Crippen LogP contribution in [0.3, 0.4) is 0 Å². The molecule has 0 bridgehead atoms. The lowest BCUT2D eigenvalue weighted by Gasteiger charge is -2.34. The van der Waals surface area contributed by atoms with Gasteiger partial charge in [0.2, 0.25) is 0 Å². The summed E-state index contributed by atoms with van der Waals surface area (Å²) in [5.41, 5.74) is 1.46. The van der Waals surface area contributed by atoms with Crippen LogP contribution in [0.25, 0.3) is 0 Å². The molecule has 7 heteroatoms. The van der Waals surface area contributed by atoms with Gasteiger partial charge in [0.15, 0.2) is 5.69 Å². The highest BCUT2D eigenvalue weighted by molar-refractivity contribution is 8.00. The van der Waals surface area contributed by atoms with Crippen molar-refractivity contribution in [1.82, 2.24) is 25.2 Å². The van der Waals surface area contributed by atoms with Crippen molar-refractivity contribution >= 4 is 17.7 Å². The molecule has 1 amide bonds. The second-order valence-corrected chi connectivity index (χ2v) is 8.20. The van der Waals surface area contributed by atoms with Crippen LogP contribution in [0.5, 0.6) is 0 Å². The summed E-state index contributed by atoms with van der Waals surface area (Å²) in [6.07, 6.45) is 2.10. The summed E-state index contributed by atoms with van der Waals surface area (Å²) < 4.78 is 1.96. The molecular weight excluding hydrogens is 310 g/mol. The molecule has 2 aliphatic heterocycles. The van der Waals surface area contributed by atoms with E-state index in [2.05, 4.69) is 29.5 Å². The van der Waals surface area contributed by atoms with Crippen molar-refractivity contribution < 1.29 is 4.79 Å². The van der Waals surface area contributed by atoms with Crippen molar-refractivity contribution in [2.24, 2.45) is 5.92 Å². The second kappa shape index (κ2) is 7.21. The molecule has 1 aromatic rings. The zero-order chi connectivity index (χ0) is 16.4. The number of nitrogens with one attached hydrogen (secondary N) is 1. The number of rotatable bonds is 3. The highest BCUT2D eigenvalue weighted by Gasteiger charge is 2.30. The Balaban J connectivity index is 1.73. The number of amides is 1. The fourth-order valence-corrected chi connectivity index (χ4v) is 4.65. The molecular formula is C16H27N5OS. The lowest BCUT2D eigenvalue weighted by Crippen LogP contribution is -2.43. The van der Waals surface area contributed by atoms with Gasteiger partial charge in [0.25, 0.3) is 5.91 Å². The first-order valence-electron chi connectivity index (χ1n) is 8.61. The normalized spacial score (nSPS) is 23.5. The van der Waals surface area contributed by atoms with E-state index in [1.807, 2.05) is 28.3 Å². The average Bonchev–Trinajstić information content (AvgIpc) is 2.96. The van der Waals surface area contributed by atoms with Crippen molar-refractivity contribution in [1.29, 1.82) is 0 Å². The number of aromatic nitrogens is 3. The lowest BCUT2D eigenvalue weighted by molar-refractivity contribution is 0.0749. The van der Waals surface area contributed by atoms with Gasteiger partial charge in [0, 0.05) is 24.1 Å². The van der Waals surface area contributed by atoms with Gasteiger partial charge in [-0.15, -0.1) is 5.10 Å². The Morgan fingerprint density at radius 3 is 2.78 bits per heavy atom. The summed E-state index contributed by atoms with van der Waals surface area (Å²) in [4.78, 5) is 14.8. The van der Waals surface area contributed by atoms with Crippen molar-refractivity contribution in [2.45, 2.75) is 44.9 Å². The molecule has 1 atom stereocenters. The number of hydrogen-bond donors (Lipinski definition) is 1. The monoisotopic (exact) mass is 337 g/mol. The molecule has 1 aromatic heterocycles. The highest BCUT2D eigenvalue weighted by Crippen LogP contribution is 2.26. The minimum atomic E-state index is 0.0497. The quantitative estimate of drug-likeness (QED) is 0.910. The average molecular weight is 337 g/mol. The first-order valence-corrected chi connectivity index (χ1v) is 9.66. The summed E-state index contributed by atoms with van der Waals surface area (Å²) in [7, 11) is 0. The number of carbonyl (C=O) groups excluding carboxylic acids is 1. The summed E-state index contributed by atoms with van der Waals surface area (Å²) in [5, 5.41) is 12.4. The third-order valence-electron chi connectivity index (χ3n) is 4.91. The molecule has 0 aliphatic carbocycles. The molecule has 23 heavy (non-hydrogen) atoms. The standard InChI is InChI=1S/C16H27N5OS/c1-11(2)14-10-20(8-9-23-14)16(22)15-12(3)21(19-18-15)13-4-6-17-7-5-13/h11,13-14,17H,4-10H2,1-3H3. The van der Waals surface area contributed by atoms with Gasteiger partial charge in [0.05, 0.1) is 11.7 Å². The minimum absolute atomic E-state index is 0.0497. The van der Waals surface area contributed by atoms with Crippen LogP contribution in [0.15, 0.2) is 0 Å². The fourth-order valence-electron chi connectivity index (χ4n) is 3.35. The number of carbonyl (C=O) groups is 1. The van der Waals surface area contributed by atoms with E-state index in [1.165, 1.54) is 0 Å². The van der Waals surface area contributed by atoms with Gasteiger partial charge in [-0.1, -0.05) is 19.1 Å². The van der Waals surface area contributed by atoms with Crippen LogP contribution in [0, 0.1) is 12.8 Å². The molecule has 2 fully saturated rings. The molecule has 3 heterocycles. The van der Waals surface area contributed by atoms with Crippen LogP contribution in [-0.2, 0) is 0 Å². The number of thioether (sulfide) groups is 1. The Hall–Kier alpha value is -1.08. The molecule has 0 saturated carbocycles. The SMILES string of the molecule is Cc1c(C(=O)N2CCSC(C(C)C)C2)nnn1C1CCNCC1. The molecule has 1 N–H and O–H groups in total. The van der Waals surface area contributed by atoms with Gasteiger partial charge < -0.3 is 10.2 Å². The second-order valence-electron chi connectivity index (χ2n) is 6.85. The van der Waals surface area contributed by atoms with Crippen LogP contribution in [0.4, 0.5) is 0 Å². The van der Waals surface area contributed by atoms with Crippen LogP contribution in [0.2, 0.25) is 0 Å². The first-order chi connectivity index (χ1) is 11.1. The molecule has 128 valence electrons. The van der Waals surface area contributed by atoms with Gasteiger partial charge in [0.1, 0.15) is 0 Å². The van der Waals surface area contributed by atoms with Gasteiger partial charge in [-0.2, -0.15) is 11.8 Å². The maximum absolute atomic E-state index is 12.9.